The van der Waals surface area contributed by atoms with Gasteiger partial charge in [0.15, 0.2) is 0 Å². The summed E-state index contributed by atoms with van der Waals surface area (Å²) in [6.07, 6.45) is -4.66. The second kappa shape index (κ2) is 9.51. The monoisotopic (exact) mass is 500 g/mol. The van der Waals surface area contributed by atoms with Crippen LogP contribution in [0.2, 0.25) is 5.02 Å². The molecule has 4 N–H and O–H groups in total. The Hall–Kier alpha value is -4.31. The highest BCUT2D eigenvalue weighted by molar-refractivity contribution is 6.31. The largest absolute Gasteiger partial charge is 0.417 e. The normalized spacial score (nSPS) is 11.2. The SMILES string of the molecule is O=C(Nc1ccc(NC(=O)c2cc(=O)[nH]c3ccccc23)cc1)Nc1ccc(Cl)c(C(F)(F)F)c1. The first kappa shape index (κ1) is 23.8. The number of aromatic nitrogens is 1. The zero-order valence-electron chi connectivity index (χ0n) is 17.7. The van der Waals surface area contributed by atoms with Crippen LogP contribution in [0.4, 0.5) is 35.0 Å². The van der Waals surface area contributed by atoms with Gasteiger partial charge >= 0.3 is 12.2 Å². The molecule has 0 fully saturated rings. The van der Waals surface area contributed by atoms with E-state index in [2.05, 4.69) is 20.9 Å². The summed E-state index contributed by atoms with van der Waals surface area (Å²) in [6, 6.07) is 16.4. The molecule has 0 spiro atoms. The number of alkyl halides is 3. The van der Waals surface area contributed by atoms with Gasteiger partial charge in [-0.15, -0.1) is 0 Å². The molecule has 0 bridgehead atoms. The predicted molar refractivity (Wildman–Crippen MR) is 128 cm³/mol. The Kier molecular flexibility index (Phi) is 6.48. The predicted octanol–water partition coefficient (Wildman–Crippen LogP) is 6.10. The molecule has 1 heterocycles. The molecule has 0 aliphatic carbocycles. The molecule has 178 valence electrons. The van der Waals surface area contributed by atoms with Crippen LogP contribution in [0, 0.1) is 0 Å². The van der Waals surface area contributed by atoms with E-state index in [4.69, 9.17) is 11.6 Å². The summed E-state index contributed by atoms with van der Waals surface area (Å²) in [5.41, 5.74) is -0.114. The smallest absolute Gasteiger partial charge is 0.322 e. The molecular weight excluding hydrogens is 485 g/mol. The van der Waals surface area contributed by atoms with Gasteiger partial charge in [0.2, 0.25) is 5.56 Å². The van der Waals surface area contributed by atoms with Gasteiger partial charge in [-0.2, -0.15) is 13.2 Å². The van der Waals surface area contributed by atoms with E-state index in [-0.39, 0.29) is 11.3 Å². The number of pyridine rings is 1. The van der Waals surface area contributed by atoms with Crippen molar-refractivity contribution in [2.24, 2.45) is 0 Å². The Morgan fingerprint density at radius 3 is 2.09 bits per heavy atom. The quantitative estimate of drug-likeness (QED) is 0.272. The van der Waals surface area contributed by atoms with E-state index in [0.717, 1.165) is 12.1 Å². The van der Waals surface area contributed by atoms with E-state index in [0.29, 0.717) is 22.3 Å². The number of halogens is 4. The lowest BCUT2D eigenvalue weighted by molar-refractivity contribution is -0.137. The highest BCUT2D eigenvalue weighted by Crippen LogP contribution is 2.36. The van der Waals surface area contributed by atoms with Crippen molar-refractivity contribution in [1.82, 2.24) is 4.98 Å². The maximum Gasteiger partial charge on any atom is 0.417 e. The van der Waals surface area contributed by atoms with Crippen LogP contribution >= 0.6 is 11.6 Å². The number of amides is 3. The van der Waals surface area contributed by atoms with Crippen LogP contribution in [0.5, 0.6) is 0 Å². The van der Waals surface area contributed by atoms with Crippen LogP contribution in [-0.4, -0.2) is 16.9 Å². The molecule has 0 saturated carbocycles. The first-order chi connectivity index (χ1) is 16.6. The van der Waals surface area contributed by atoms with Crippen molar-refractivity contribution in [3.05, 3.63) is 99.3 Å². The van der Waals surface area contributed by atoms with Crippen LogP contribution in [-0.2, 0) is 6.18 Å². The van der Waals surface area contributed by atoms with Crippen molar-refractivity contribution in [3.63, 3.8) is 0 Å². The zero-order valence-corrected chi connectivity index (χ0v) is 18.4. The minimum Gasteiger partial charge on any atom is -0.322 e. The summed E-state index contributed by atoms with van der Waals surface area (Å²) >= 11 is 5.58. The molecule has 0 saturated heterocycles. The molecule has 4 rings (SSSR count). The highest BCUT2D eigenvalue weighted by atomic mass is 35.5. The molecule has 0 unspecified atom stereocenters. The number of urea groups is 1. The molecule has 3 amide bonds. The third-order valence-electron chi connectivity index (χ3n) is 4.93. The van der Waals surface area contributed by atoms with Gasteiger partial charge in [-0.1, -0.05) is 29.8 Å². The van der Waals surface area contributed by atoms with Crippen LogP contribution < -0.4 is 21.5 Å². The zero-order chi connectivity index (χ0) is 25.2. The summed E-state index contributed by atoms with van der Waals surface area (Å²) in [4.78, 5) is 39.5. The number of H-pyrrole nitrogens is 1. The average Bonchev–Trinajstić information content (AvgIpc) is 2.80. The lowest BCUT2D eigenvalue weighted by atomic mass is 10.1. The van der Waals surface area contributed by atoms with Crippen molar-refractivity contribution >= 4 is 51.5 Å². The lowest BCUT2D eigenvalue weighted by Gasteiger charge is -2.13. The molecule has 35 heavy (non-hydrogen) atoms. The van der Waals surface area contributed by atoms with Gasteiger partial charge in [0, 0.05) is 34.0 Å². The van der Waals surface area contributed by atoms with Gasteiger partial charge in [-0.3, -0.25) is 9.59 Å². The summed E-state index contributed by atoms with van der Waals surface area (Å²) < 4.78 is 39.0. The molecular formula is C24H16ClF3N4O3. The summed E-state index contributed by atoms with van der Waals surface area (Å²) in [5.74, 6) is -0.492. The summed E-state index contributed by atoms with van der Waals surface area (Å²) in [7, 11) is 0. The molecule has 3 aromatic carbocycles. The fourth-order valence-corrected chi connectivity index (χ4v) is 3.57. The van der Waals surface area contributed by atoms with Gasteiger partial charge < -0.3 is 20.9 Å². The Balaban J connectivity index is 1.42. The molecule has 11 heteroatoms. The number of nitrogens with one attached hydrogen (secondary N) is 4. The van der Waals surface area contributed by atoms with E-state index < -0.39 is 34.3 Å². The third-order valence-corrected chi connectivity index (χ3v) is 5.26. The second-order valence-corrected chi connectivity index (χ2v) is 7.80. The Morgan fingerprint density at radius 2 is 1.40 bits per heavy atom. The van der Waals surface area contributed by atoms with Gasteiger partial charge in [0.1, 0.15) is 0 Å². The van der Waals surface area contributed by atoms with Gasteiger partial charge in [0.05, 0.1) is 16.1 Å². The number of fused-ring (bicyclic) bond motifs is 1. The number of aromatic amines is 1. The first-order valence-corrected chi connectivity index (χ1v) is 10.5. The third kappa shape index (κ3) is 5.61. The maximum absolute atomic E-state index is 13.0. The van der Waals surface area contributed by atoms with Crippen LogP contribution in [0.25, 0.3) is 10.9 Å². The van der Waals surface area contributed by atoms with Gasteiger partial charge in [-0.25, -0.2) is 4.79 Å². The Bertz CT molecular complexity index is 1480. The summed E-state index contributed by atoms with van der Waals surface area (Å²) in [5, 5.41) is 7.58. The highest BCUT2D eigenvalue weighted by Gasteiger charge is 2.33. The Labute approximate surface area is 200 Å². The number of benzene rings is 3. The van der Waals surface area contributed by atoms with E-state index >= 15 is 0 Å². The number of para-hydroxylation sites is 1. The van der Waals surface area contributed by atoms with Crippen LogP contribution in [0.15, 0.2) is 77.6 Å². The molecule has 0 aliphatic rings. The fraction of sp³-hybridized carbons (Fsp3) is 0.0417. The number of hydrogen-bond acceptors (Lipinski definition) is 3. The molecule has 4 aromatic rings. The van der Waals surface area contributed by atoms with Crippen molar-refractivity contribution in [3.8, 4) is 0 Å². The van der Waals surface area contributed by atoms with Crippen molar-refractivity contribution in [2.75, 3.05) is 16.0 Å². The van der Waals surface area contributed by atoms with Crippen LogP contribution in [0.1, 0.15) is 15.9 Å². The van der Waals surface area contributed by atoms with E-state index in [9.17, 15) is 27.6 Å². The molecule has 0 radical (unpaired) electrons. The minimum atomic E-state index is -4.66. The fourth-order valence-electron chi connectivity index (χ4n) is 3.34. The van der Waals surface area contributed by atoms with E-state index in [1.54, 1.807) is 24.3 Å². The number of carbonyl (C=O) groups is 2. The maximum atomic E-state index is 13.0. The Morgan fingerprint density at radius 1 is 0.800 bits per heavy atom. The van der Waals surface area contributed by atoms with Crippen LogP contribution in [0.3, 0.4) is 0 Å². The molecule has 7 nitrogen and oxygen atoms in total. The minimum absolute atomic E-state index is 0.0896. The number of rotatable bonds is 4. The average molecular weight is 501 g/mol. The first-order valence-electron chi connectivity index (χ1n) is 10.1. The topological polar surface area (TPSA) is 103 Å². The van der Waals surface area contributed by atoms with E-state index in [1.807, 2.05) is 0 Å². The molecule has 0 aliphatic heterocycles. The molecule has 1 aromatic heterocycles. The van der Waals surface area contributed by atoms with Gasteiger partial charge in [-0.05, 0) is 48.5 Å². The number of anilines is 3. The van der Waals surface area contributed by atoms with Crippen molar-refractivity contribution in [1.29, 1.82) is 0 Å². The second-order valence-electron chi connectivity index (χ2n) is 7.40. The van der Waals surface area contributed by atoms with Crippen molar-refractivity contribution < 1.29 is 22.8 Å². The lowest BCUT2D eigenvalue weighted by Crippen LogP contribution is -2.20. The summed E-state index contributed by atoms with van der Waals surface area (Å²) in [6.45, 7) is 0. The van der Waals surface area contributed by atoms with Crippen molar-refractivity contribution in [2.45, 2.75) is 6.18 Å². The number of carbonyl (C=O) groups excluding carboxylic acids is 2. The van der Waals surface area contributed by atoms with E-state index in [1.165, 1.54) is 36.4 Å². The number of hydrogen-bond donors (Lipinski definition) is 4. The molecule has 0 atom stereocenters. The standard InChI is InChI=1S/C24H16ClF3N4O3/c25-19-10-9-15(11-18(19)24(26,27)28)31-23(35)30-14-7-5-13(6-8-14)29-22(34)17-12-21(33)32-20-4-2-1-3-16(17)20/h1-12H,(H,29,34)(H,32,33)(H2,30,31,35). The van der Waals surface area contributed by atoms with Gasteiger partial charge in [0.25, 0.3) is 5.91 Å².